The van der Waals surface area contributed by atoms with Crippen LogP contribution in [0.15, 0.2) is 12.2 Å². The molecule has 1 aliphatic carbocycles. The minimum atomic E-state index is -1.10. The van der Waals surface area contributed by atoms with Gasteiger partial charge in [-0.2, -0.15) is 0 Å². The van der Waals surface area contributed by atoms with Gasteiger partial charge in [-0.05, 0) is 38.8 Å². The van der Waals surface area contributed by atoms with E-state index in [0.717, 1.165) is 13.1 Å². The van der Waals surface area contributed by atoms with Crippen molar-refractivity contribution in [3.8, 4) is 0 Å². The molecule has 0 unspecified atom stereocenters. The Balaban J connectivity index is 1.56. The summed E-state index contributed by atoms with van der Waals surface area (Å²) in [5.74, 6) is -1.79. The van der Waals surface area contributed by atoms with Crippen molar-refractivity contribution < 1.29 is 33.5 Å². The largest absolute Gasteiger partial charge is 0.458 e. The number of nitrogens with one attached hydrogen (secondary N) is 4. The van der Waals surface area contributed by atoms with Crippen LogP contribution in [0.4, 0.5) is 0 Å². The molecule has 232 valence electrons. The second-order valence-corrected chi connectivity index (χ2v) is 13.7. The van der Waals surface area contributed by atoms with Gasteiger partial charge >= 0.3 is 5.97 Å². The van der Waals surface area contributed by atoms with E-state index in [1.165, 1.54) is 21.6 Å². The molecule has 0 aromatic rings. The van der Waals surface area contributed by atoms with Gasteiger partial charge in [-0.25, -0.2) is 0 Å². The van der Waals surface area contributed by atoms with Crippen molar-refractivity contribution in [3.05, 3.63) is 12.2 Å². The van der Waals surface area contributed by atoms with Crippen LogP contribution in [0.5, 0.6) is 0 Å². The molecule has 4 aliphatic rings. The quantitative estimate of drug-likeness (QED) is 0.180. The molecule has 4 N–H and O–H groups in total. The maximum Gasteiger partial charge on any atom is 0.308 e. The highest BCUT2D eigenvalue weighted by Crippen LogP contribution is 2.36. The maximum atomic E-state index is 13.6. The van der Waals surface area contributed by atoms with Gasteiger partial charge in [-0.1, -0.05) is 27.7 Å². The summed E-state index contributed by atoms with van der Waals surface area (Å²) in [7, 11) is 4.93. The molecule has 0 aromatic heterocycles. The summed E-state index contributed by atoms with van der Waals surface area (Å²) in [5.41, 5.74) is -1.09. The molecule has 3 fully saturated rings. The Labute approximate surface area is 253 Å². The Bertz CT molecular complexity index is 1080. The van der Waals surface area contributed by atoms with Gasteiger partial charge in [0.1, 0.15) is 23.7 Å². The maximum absolute atomic E-state index is 13.6. The highest BCUT2D eigenvalue weighted by molar-refractivity contribution is 8.76. The lowest BCUT2D eigenvalue weighted by Crippen LogP contribution is -2.58. The molecule has 3 aliphatic heterocycles. The van der Waals surface area contributed by atoms with Crippen molar-refractivity contribution in [1.29, 1.82) is 0 Å². The average Bonchev–Trinajstić information content (AvgIpc) is 3.73. The summed E-state index contributed by atoms with van der Waals surface area (Å²) in [6.07, 6.45) is 3.89. The number of piperazine rings is 1. The summed E-state index contributed by atoms with van der Waals surface area (Å²) in [6.45, 7) is 2.71. The third-order valence-corrected chi connectivity index (χ3v) is 10.1. The second-order valence-electron chi connectivity index (χ2n) is 11.0. The number of ether oxygens (including phenoxy) is 1. The first-order chi connectivity index (χ1) is 20.1. The van der Waals surface area contributed by atoms with Crippen LogP contribution in [-0.4, -0.2) is 120 Å². The van der Waals surface area contributed by atoms with E-state index in [-0.39, 0.29) is 43.9 Å². The molecular weight excluding hydrogens is 584 g/mol. The lowest BCUT2D eigenvalue weighted by Gasteiger charge is -2.32. The molecule has 3 heterocycles. The zero-order valence-corrected chi connectivity index (χ0v) is 25.5. The number of carbonyl (C=O) groups excluding carboxylic acids is 6. The Morgan fingerprint density at radius 2 is 1.81 bits per heavy atom. The van der Waals surface area contributed by atoms with E-state index < -0.39 is 53.3 Å². The number of likely N-dealkylation sites (N-methyl/N-ethyl adjacent to an activating group) is 1. The number of allylic oxidation sites excluding steroid dienone is 1. The monoisotopic (exact) mass is 624 g/mol. The smallest absolute Gasteiger partial charge is 0.308 e. The van der Waals surface area contributed by atoms with Gasteiger partial charge in [0.25, 0.3) is 0 Å². The number of amides is 5. The van der Waals surface area contributed by atoms with Crippen molar-refractivity contribution in [2.75, 3.05) is 51.3 Å². The van der Waals surface area contributed by atoms with Gasteiger partial charge in [0.05, 0.1) is 12.8 Å². The van der Waals surface area contributed by atoms with Crippen LogP contribution >= 0.6 is 21.6 Å². The van der Waals surface area contributed by atoms with Crippen LogP contribution in [0.3, 0.4) is 0 Å². The number of esters is 1. The molecule has 1 saturated carbocycles. The zero-order valence-electron chi connectivity index (χ0n) is 23.9. The zero-order chi connectivity index (χ0) is 30.1. The van der Waals surface area contributed by atoms with Gasteiger partial charge in [0.2, 0.25) is 29.5 Å². The highest BCUT2D eigenvalue weighted by Gasteiger charge is 2.51. The Hall–Kier alpha value is -2.78. The van der Waals surface area contributed by atoms with E-state index in [1.54, 1.807) is 11.0 Å². The molecule has 3 atom stereocenters. The Morgan fingerprint density at radius 3 is 2.55 bits per heavy atom. The van der Waals surface area contributed by atoms with Crippen LogP contribution < -0.4 is 21.3 Å². The van der Waals surface area contributed by atoms with E-state index in [9.17, 15) is 28.8 Å². The predicted molar refractivity (Wildman–Crippen MR) is 158 cm³/mol. The minimum absolute atomic E-state index is 0.0218. The molecule has 0 aromatic carbocycles. The third kappa shape index (κ3) is 9.36. The molecule has 15 heteroatoms. The predicted octanol–water partition coefficient (Wildman–Crippen LogP) is -0.678. The van der Waals surface area contributed by atoms with Crippen LogP contribution in [0, 0.1) is 0 Å². The molecule has 2 bridgehead atoms. The van der Waals surface area contributed by atoms with Crippen molar-refractivity contribution in [3.63, 3.8) is 0 Å². The normalized spacial score (nSPS) is 29.2. The molecule has 1 spiro atoms. The first kappa shape index (κ1) is 32.1. The topological polar surface area (TPSA) is 166 Å². The summed E-state index contributed by atoms with van der Waals surface area (Å²) >= 11 is 0. The van der Waals surface area contributed by atoms with Crippen molar-refractivity contribution in [2.45, 2.75) is 68.7 Å². The molecule has 2 saturated heterocycles. The van der Waals surface area contributed by atoms with Crippen LogP contribution in [0.2, 0.25) is 0 Å². The molecule has 5 amide bonds. The van der Waals surface area contributed by atoms with E-state index >= 15 is 0 Å². The van der Waals surface area contributed by atoms with Crippen molar-refractivity contribution in [1.82, 2.24) is 31.1 Å². The molecule has 0 radical (unpaired) electrons. The third-order valence-electron chi connectivity index (χ3n) is 7.66. The number of hydrogen-bond donors (Lipinski definition) is 4. The van der Waals surface area contributed by atoms with Gasteiger partial charge in [-0.3, -0.25) is 28.8 Å². The van der Waals surface area contributed by atoms with E-state index in [4.69, 9.17) is 4.74 Å². The first-order valence-electron chi connectivity index (χ1n) is 14.4. The standard InChI is InChI=1S/C27H40N6O7S2/c1-32-11-13-33(14-12-32)22(35)6-5-19-24(37)30-20-17-42-41-15-3-2-4-18(16-21(34)29-19)40-23(36)7-10-28-26(39)27(8-9-27)31-25(20)38/h2,4,18-20H,3,5-17H2,1H3,(H,28,39)(H,29,34)(H,30,37)(H,31,38)/b4-2+/t18-,19-,20-/m1/s1. The second kappa shape index (κ2) is 15.1. The highest BCUT2D eigenvalue weighted by atomic mass is 33.1. The van der Waals surface area contributed by atoms with Crippen molar-refractivity contribution >= 4 is 57.1 Å². The lowest BCUT2D eigenvalue weighted by molar-refractivity contribution is -0.148. The van der Waals surface area contributed by atoms with Crippen LogP contribution in [0.25, 0.3) is 0 Å². The Kier molecular flexibility index (Phi) is 11.6. The molecule has 13 nitrogen and oxygen atoms in total. The van der Waals surface area contributed by atoms with E-state index in [1.807, 2.05) is 13.1 Å². The first-order valence-corrected chi connectivity index (χ1v) is 16.9. The number of rotatable bonds is 3. The molecule has 42 heavy (non-hydrogen) atoms. The summed E-state index contributed by atoms with van der Waals surface area (Å²) in [6, 6.07) is -2.07. The summed E-state index contributed by atoms with van der Waals surface area (Å²) in [5, 5.41) is 11.0. The fraction of sp³-hybridized carbons (Fsp3) is 0.704. The van der Waals surface area contributed by atoms with E-state index in [2.05, 4.69) is 26.2 Å². The summed E-state index contributed by atoms with van der Waals surface area (Å²) < 4.78 is 5.54. The number of hydrogen-bond acceptors (Lipinski definition) is 10. The fourth-order valence-corrected chi connectivity index (χ4v) is 7.02. The average molecular weight is 625 g/mol. The lowest BCUT2D eigenvalue weighted by atomic mass is 10.1. The number of fused-ring (bicyclic) bond motifs is 7. The van der Waals surface area contributed by atoms with Gasteiger partial charge < -0.3 is 35.8 Å². The van der Waals surface area contributed by atoms with Gasteiger partial charge in [0, 0.05) is 50.7 Å². The van der Waals surface area contributed by atoms with Crippen LogP contribution in [0.1, 0.15) is 44.9 Å². The van der Waals surface area contributed by atoms with Crippen molar-refractivity contribution in [2.24, 2.45) is 0 Å². The molecular formula is C27H40N6O7S2. The van der Waals surface area contributed by atoms with E-state index in [0.29, 0.717) is 38.1 Å². The van der Waals surface area contributed by atoms with Crippen LogP contribution in [-0.2, 0) is 33.5 Å². The number of nitrogens with zero attached hydrogens (tertiary/aromatic N) is 2. The number of carbonyl (C=O) groups is 6. The van der Waals surface area contributed by atoms with Gasteiger partial charge in [-0.15, -0.1) is 0 Å². The minimum Gasteiger partial charge on any atom is -0.458 e. The molecule has 4 rings (SSSR count). The SMILES string of the molecule is CN1CCN(C(=O)CC[C@H]2NC(=O)C[C@H]3/C=C/CCSSC[C@@H](NC2=O)C(=O)NC2(CC2)C(=O)NCCC(=O)O3)CC1. The van der Waals surface area contributed by atoms with Gasteiger partial charge in [0.15, 0.2) is 0 Å². The fourth-order valence-electron chi connectivity index (χ4n) is 4.86. The Morgan fingerprint density at radius 1 is 1.05 bits per heavy atom. The summed E-state index contributed by atoms with van der Waals surface area (Å²) in [4.78, 5) is 82.3.